The van der Waals surface area contributed by atoms with E-state index < -0.39 is 11.7 Å². The summed E-state index contributed by atoms with van der Waals surface area (Å²) in [6.07, 6.45) is 2.72. The van der Waals surface area contributed by atoms with Gasteiger partial charge in [-0.25, -0.2) is 9.97 Å². The van der Waals surface area contributed by atoms with Crippen LogP contribution in [0.15, 0.2) is 55.0 Å². The van der Waals surface area contributed by atoms with Gasteiger partial charge in [-0.05, 0) is 48.9 Å². The van der Waals surface area contributed by atoms with Crippen molar-refractivity contribution in [1.82, 2.24) is 14.5 Å². The van der Waals surface area contributed by atoms with Gasteiger partial charge in [0.25, 0.3) is 11.7 Å². The van der Waals surface area contributed by atoms with Gasteiger partial charge in [0.2, 0.25) is 0 Å². The monoisotopic (exact) mass is 502 g/mol. The first-order chi connectivity index (χ1) is 15.9. The molecule has 1 amide bonds. The molecule has 4 aromatic rings. The minimum Gasteiger partial charge on any atom is -0.494 e. The summed E-state index contributed by atoms with van der Waals surface area (Å²) in [5.41, 5.74) is 1.45. The van der Waals surface area contributed by atoms with Crippen molar-refractivity contribution < 1.29 is 14.3 Å². The van der Waals surface area contributed by atoms with Crippen molar-refractivity contribution >= 4 is 63.2 Å². The quantitative estimate of drug-likeness (QED) is 0.260. The first kappa shape index (κ1) is 23.0. The fraction of sp³-hybridized carbons (Fsp3) is 0.130. The zero-order valence-corrected chi connectivity index (χ0v) is 19.6. The molecule has 33 heavy (non-hydrogen) atoms. The van der Waals surface area contributed by atoms with Crippen molar-refractivity contribution in [2.45, 2.75) is 13.5 Å². The van der Waals surface area contributed by atoms with Crippen LogP contribution in [0.4, 0.5) is 5.82 Å². The van der Waals surface area contributed by atoms with Crippen molar-refractivity contribution in [3.63, 3.8) is 0 Å². The highest BCUT2D eigenvalue weighted by atomic mass is 35.5. The number of ketones is 1. The summed E-state index contributed by atoms with van der Waals surface area (Å²) < 4.78 is 7.30. The maximum absolute atomic E-state index is 13.2. The van der Waals surface area contributed by atoms with Crippen molar-refractivity contribution in [1.29, 1.82) is 0 Å². The lowest BCUT2D eigenvalue weighted by molar-refractivity contribution is -0.112. The van der Waals surface area contributed by atoms with Crippen LogP contribution in [0.2, 0.25) is 15.2 Å². The molecule has 7 nitrogen and oxygen atoms in total. The predicted molar refractivity (Wildman–Crippen MR) is 129 cm³/mol. The Labute approximate surface area is 204 Å². The van der Waals surface area contributed by atoms with Crippen molar-refractivity contribution in [2.75, 3.05) is 11.9 Å². The van der Waals surface area contributed by atoms with E-state index in [2.05, 4.69) is 15.3 Å². The van der Waals surface area contributed by atoms with Gasteiger partial charge in [0.05, 0.1) is 24.2 Å². The third-order valence-electron chi connectivity index (χ3n) is 4.88. The number of Topliss-reactive ketones (excluding diaryl/α,β-unsaturated/α-hetero) is 1. The van der Waals surface area contributed by atoms with Crippen molar-refractivity contribution in [3.05, 3.63) is 81.3 Å². The predicted octanol–water partition coefficient (Wildman–Crippen LogP) is 5.66. The highest BCUT2D eigenvalue weighted by molar-refractivity contribution is 6.51. The van der Waals surface area contributed by atoms with E-state index >= 15 is 0 Å². The third-order valence-corrected chi connectivity index (χ3v) is 5.86. The van der Waals surface area contributed by atoms with Crippen LogP contribution in [0.1, 0.15) is 22.8 Å². The van der Waals surface area contributed by atoms with Gasteiger partial charge in [0.15, 0.2) is 0 Å². The van der Waals surface area contributed by atoms with Gasteiger partial charge < -0.3 is 14.6 Å². The van der Waals surface area contributed by atoms with Gasteiger partial charge in [-0.3, -0.25) is 9.59 Å². The molecule has 0 spiro atoms. The fourth-order valence-corrected chi connectivity index (χ4v) is 4.21. The zero-order valence-electron chi connectivity index (χ0n) is 17.3. The summed E-state index contributed by atoms with van der Waals surface area (Å²) in [5.74, 6) is -0.932. The van der Waals surface area contributed by atoms with Crippen LogP contribution in [0.25, 0.3) is 10.9 Å². The van der Waals surface area contributed by atoms with Crippen LogP contribution in [-0.4, -0.2) is 32.8 Å². The Balaban J connectivity index is 1.80. The molecule has 0 saturated heterocycles. The number of hydrogen-bond donors (Lipinski definition) is 1. The van der Waals surface area contributed by atoms with Crippen LogP contribution in [0, 0.1) is 0 Å². The van der Waals surface area contributed by atoms with Crippen LogP contribution in [-0.2, 0) is 11.3 Å². The zero-order chi connectivity index (χ0) is 23.5. The Hall–Kier alpha value is -3.13. The summed E-state index contributed by atoms with van der Waals surface area (Å²) in [4.78, 5) is 33.6. The first-order valence-electron chi connectivity index (χ1n) is 9.89. The third kappa shape index (κ3) is 4.80. The Bertz CT molecular complexity index is 1360. The molecule has 168 valence electrons. The molecule has 0 aliphatic rings. The highest BCUT2D eigenvalue weighted by Gasteiger charge is 2.27. The molecule has 2 heterocycles. The SMILES string of the molecule is CCOc1ccc2c(c1)c(C(=O)C(=O)Nc1ccncn1)c(Cl)n2Cc1ccc(Cl)cc1Cl. The number of ether oxygens (including phenoxy) is 1. The Morgan fingerprint density at radius 2 is 1.91 bits per heavy atom. The van der Waals surface area contributed by atoms with E-state index in [1.54, 1.807) is 41.0 Å². The molecule has 0 saturated carbocycles. The summed E-state index contributed by atoms with van der Waals surface area (Å²) in [6.45, 7) is 2.56. The minimum atomic E-state index is -0.874. The molecular formula is C23H17Cl3N4O3. The van der Waals surface area contributed by atoms with Crippen LogP contribution in [0.5, 0.6) is 5.75 Å². The second-order valence-electron chi connectivity index (χ2n) is 6.98. The lowest BCUT2D eigenvalue weighted by atomic mass is 10.1. The molecule has 0 radical (unpaired) electrons. The number of carbonyl (C=O) groups excluding carboxylic acids is 2. The van der Waals surface area contributed by atoms with Gasteiger partial charge in [0.1, 0.15) is 23.0 Å². The maximum Gasteiger partial charge on any atom is 0.298 e. The van der Waals surface area contributed by atoms with Crippen molar-refractivity contribution in [3.8, 4) is 5.75 Å². The number of amides is 1. The average molecular weight is 504 g/mol. The largest absolute Gasteiger partial charge is 0.494 e. The number of carbonyl (C=O) groups is 2. The number of anilines is 1. The Kier molecular flexibility index (Phi) is 6.83. The van der Waals surface area contributed by atoms with E-state index in [1.807, 2.05) is 6.92 Å². The number of hydrogen-bond acceptors (Lipinski definition) is 5. The molecule has 2 aromatic carbocycles. The van der Waals surface area contributed by atoms with E-state index in [-0.39, 0.29) is 23.1 Å². The van der Waals surface area contributed by atoms with E-state index in [9.17, 15) is 9.59 Å². The summed E-state index contributed by atoms with van der Waals surface area (Å²) in [5, 5.41) is 4.03. The lowest BCUT2D eigenvalue weighted by Crippen LogP contribution is -2.23. The normalized spacial score (nSPS) is 10.9. The van der Waals surface area contributed by atoms with Crippen LogP contribution in [0.3, 0.4) is 0 Å². The summed E-state index contributed by atoms with van der Waals surface area (Å²) >= 11 is 19.1. The summed E-state index contributed by atoms with van der Waals surface area (Å²) in [6, 6.07) is 11.9. The molecule has 0 atom stereocenters. The second kappa shape index (κ2) is 9.79. The van der Waals surface area contributed by atoms with E-state index in [4.69, 9.17) is 39.5 Å². The number of nitrogens with one attached hydrogen (secondary N) is 1. The number of rotatable bonds is 7. The first-order valence-corrected chi connectivity index (χ1v) is 11.0. The molecule has 10 heteroatoms. The second-order valence-corrected chi connectivity index (χ2v) is 8.18. The topological polar surface area (TPSA) is 86.1 Å². The number of fused-ring (bicyclic) bond motifs is 1. The molecule has 4 rings (SSSR count). The average Bonchev–Trinajstić information content (AvgIpc) is 3.06. The standard InChI is InChI=1S/C23H17Cl3N4O3/c1-2-33-15-5-6-18-16(10-15)20(21(31)23(32)29-19-7-8-27-12-28-19)22(26)30(18)11-13-3-4-14(24)9-17(13)25/h3-10,12H,2,11H2,1H3,(H,27,28,29,32). The van der Waals surface area contributed by atoms with Gasteiger partial charge in [0, 0.05) is 21.6 Å². The van der Waals surface area contributed by atoms with Crippen molar-refractivity contribution in [2.24, 2.45) is 0 Å². The number of halogens is 3. The molecule has 0 aliphatic heterocycles. The van der Waals surface area contributed by atoms with E-state index in [0.29, 0.717) is 33.3 Å². The van der Waals surface area contributed by atoms with Crippen LogP contribution >= 0.6 is 34.8 Å². The van der Waals surface area contributed by atoms with E-state index in [0.717, 1.165) is 5.56 Å². The van der Waals surface area contributed by atoms with E-state index in [1.165, 1.54) is 18.6 Å². The molecule has 1 N–H and O–H groups in total. The number of benzene rings is 2. The number of nitrogens with zero attached hydrogens (tertiary/aromatic N) is 3. The molecule has 0 fully saturated rings. The Morgan fingerprint density at radius 1 is 1.09 bits per heavy atom. The van der Waals surface area contributed by atoms with Gasteiger partial charge in [-0.2, -0.15) is 0 Å². The fourth-order valence-electron chi connectivity index (χ4n) is 3.40. The van der Waals surface area contributed by atoms with Gasteiger partial charge in [-0.1, -0.05) is 40.9 Å². The molecule has 2 aromatic heterocycles. The van der Waals surface area contributed by atoms with Crippen LogP contribution < -0.4 is 10.1 Å². The smallest absolute Gasteiger partial charge is 0.298 e. The minimum absolute atomic E-state index is 0.0601. The Morgan fingerprint density at radius 3 is 2.61 bits per heavy atom. The van der Waals surface area contributed by atoms with Gasteiger partial charge >= 0.3 is 0 Å². The molecular weight excluding hydrogens is 487 g/mol. The maximum atomic E-state index is 13.2. The molecule has 0 bridgehead atoms. The van der Waals surface area contributed by atoms with Gasteiger partial charge in [-0.15, -0.1) is 0 Å². The lowest BCUT2D eigenvalue weighted by Gasteiger charge is -2.10. The number of aromatic nitrogens is 3. The summed E-state index contributed by atoms with van der Waals surface area (Å²) in [7, 11) is 0. The molecule has 0 unspecified atom stereocenters. The molecule has 0 aliphatic carbocycles. The highest BCUT2D eigenvalue weighted by Crippen LogP contribution is 2.35.